The summed E-state index contributed by atoms with van der Waals surface area (Å²) in [5.74, 6) is 0. The fourth-order valence-corrected chi connectivity index (χ4v) is 5.69. The lowest BCUT2D eigenvalue weighted by Gasteiger charge is -2.19. The Morgan fingerprint density at radius 1 is 1.00 bits per heavy atom. The quantitative estimate of drug-likeness (QED) is 0.142. The normalized spacial score (nSPS) is 27.9. The molecule has 2 aromatic heterocycles. The van der Waals surface area contributed by atoms with E-state index in [1.165, 1.54) is 0 Å². The van der Waals surface area contributed by atoms with Gasteiger partial charge in [0.15, 0.2) is 17.4 Å². The molecule has 1 fully saturated rings. The summed E-state index contributed by atoms with van der Waals surface area (Å²) in [6.07, 6.45) is -4.71. The molecule has 1 aliphatic heterocycles. The van der Waals surface area contributed by atoms with Gasteiger partial charge in [0, 0.05) is 0 Å². The molecule has 6 atom stereocenters. The van der Waals surface area contributed by atoms with Crippen LogP contribution in [-0.4, -0.2) is 79.2 Å². The topological polar surface area (TPSA) is 282 Å². The third-order valence-electron chi connectivity index (χ3n) is 3.90. The van der Waals surface area contributed by atoms with Crippen molar-refractivity contribution in [1.82, 2.24) is 19.3 Å². The number of hydrogen-bond donors (Lipinski definition) is 7. The van der Waals surface area contributed by atoms with Crippen molar-refractivity contribution in [3.8, 4) is 0 Å². The number of phosphoric acid groups is 3. The van der Waals surface area contributed by atoms with Crippen molar-refractivity contribution >= 4 is 34.6 Å². The molecule has 32 heavy (non-hydrogen) atoms. The van der Waals surface area contributed by atoms with Crippen LogP contribution in [0.1, 0.15) is 6.23 Å². The van der Waals surface area contributed by atoms with Gasteiger partial charge >= 0.3 is 29.0 Å². The summed E-state index contributed by atoms with van der Waals surface area (Å²) in [6.45, 7) is -1.03. The highest BCUT2D eigenvalue weighted by Gasteiger charge is 2.47. The monoisotopic (exact) mass is 524 g/mol. The molecule has 2 unspecified atom stereocenters. The van der Waals surface area contributed by atoms with Gasteiger partial charge in [0.2, 0.25) is 0 Å². The molecule has 1 saturated heterocycles. The smallest absolute Gasteiger partial charge is 0.424 e. The van der Waals surface area contributed by atoms with E-state index in [4.69, 9.17) is 19.4 Å². The summed E-state index contributed by atoms with van der Waals surface area (Å²) in [5, 5.41) is 29.7. The van der Waals surface area contributed by atoms with E-state index in [1.807, 2.05) is 0 Å². The number of aliphatic hydroxyl groups excluding tert-OH is 2. The Kier molecular flexibility index (Phi) is 6.78. The van der Waals surface area contributed by atoms with E-state index in [-0.39, 0.29) is 15.9 Å². The third-order valence-corrected chi connectivity index (χ3v) is 7.70. The standard InChI is InChI=1S/C10H15N4O15P3/c15-6-4(1-26-31(22,23)29-32(24,25)28-30(19,20)21)27-10(7(6)16)13-2-11-5-8(13)12-3-14(18)9(5)17/h2-4,6-7,10,15-16,18H,1H2,(H,22,23)(H,24,25)(H2,19,20,21)/t4-,6-,7-,10-/m1/s1. The molecule has 22 heteroatoms. The minimum atomic E-state index is -5.74. The number of aromatic nitrogens is 4. The van der Waals surface area contributed by atoms with E-state index >= 15 is 0 Å². The van der Waals surface area contributed by atoms with Gasteiger partial charge in [-0.3, -0.25) is 13.9 Å². The first-order valence-corrected chi connectivity index (χ1v) is 12.6. The number of aliphatic hydroxyl groups is 2. The molecule has 3 heterocycles. The first-order valence-electron chi connectivity index (χ1n) is 8.03. The fourth-order valence-electron chi connectivity index (χ4n) is 2.66. The zero-order valence-electron chi connectivity index (χ0n) is 15.2. The maximum Gasteiger partial charge on any atom is 0.490 e. The Bertz CT molecular complexity index is 1210. The van der Waals surface area contributed by atoms with Gasteiger partial charge in [0.1, 0.15) is 24.6 Å². The Labute approximate surface area is 175 Å². The van der Waals surface area contributed by atoms with Gasteiger partial charge < -0.3 is 39.7 Å². The molecule has 0 amide bonds. The van der Waals surface area contributed by atoms with Crippen LogP contribution in [0.15, 0.2) is 17.4 Å². The molecule has 0 saturated carbocycles. The van der Waals surface area contributed by atoms with Gasteiger partial charge in [-0.15, -0.1) is 4.73 Å². The molecule has 2 aromatic rings. The van der Waals surface area contributed by atoms with Crippen LogP contribution in [0.25, 0.3) is 11.2 Å². The second-order valence-corrected chi connectivity index (χ2v) is 10.6. The minimum absolute atomic E-state index is 0.148. The van der Waals surface area contributed by atoms with Crippen LogP contribution in [0.5, 0.6) is 0 Å². The highest BCUT2D eigenvalue weighted by molar-refractivity contribution is 7.66. The van der Waals surface area contributed by atoms with E-state index in [0.29, 0.717) is 0 Å². The summed E-state index contributed by atoms with van der Waals surface area (Å²) < 4.78 is 51.7. The fraction of sp³-hybridized carbons (Fsp3) is 0.500. The van der Waals surface area contributed by atoms with Gasteiger partial charge in [0.05, 0.1) is 12.9 Å². The lowest BCUT2D eigenvalue weighted by Crippen LogP contribution is -2.33. The summed E-state index contributed by atoms with van der Waals surface area (Å²) in [6, 6.07) is 0. The van der Waals surface area contributed by atoms with E-state index < -0.39 is 60.2 Å². The Hall–Kier alpha value is -1.56. The first kappa shape index (κ1) is 25.1. The number of ether oxygens (including phenoxy) is 1. The summed E-state index contributed by atoms with van der Waals surface area (Å²) in [7, 11) is -16.8. The van der Waals surface area contributed by atoms with Crippen molar-refractivity contribution in [2.24, 2.45) is 0 Å². The second kappa shape index (κ2) is 8.66. The van der Waals surface area contributed by atoms with E-state index in [2.05, 4.69) is 23.1 Å². The summed E-state index contributed by atoms with van der Waals surface area (Å²) in [4.78, 5) is 54.8. The second-order valence-electron chi connectivity index (χ2n) is 6.15. The SMILES string of the molecule is O=c1c2ncn([C@@H]3O[C@H](COP(=O)(O)OP(=O)(O)OP(=O)(O)O)[C@@H](O)[C@H]3O)c2ncn1O. The van der Waals surface area contributed by atoms with E-state index in [9.17, 15) is 38.8 Å². The molecule has 0 spiro atoms. The maximum atomic E-state index is 11.8. The van der Waals surface area contributed by atoms with Crippen molar-refractivity contribution in [3.63, 3.8) is 0 Å². The number of imidazole rings is 1. The maximum absolute atomic E-state index is 11.8. The van der Waals surface area contributed by atoms with Crippen molar-refractivity contribution in [2.45, 2.75) is 24.5 Å². The number of phosphoric ester groups is 1. The molecule has 0 bridgehead atoms. The van der Waals surface area contributed by atoms with E-state index in [0.717, 1.165) is 17.2 Å². The summed E-state index contributed by atoms with van der Waals surface area (Å²) in [5.41, 5.74) is -1.40. The first-order chi connectivity index (χ1) is 14.6. The molecule has 0 radical (unpaired) electrons. The van der Waals surface area contributed by atoms with Crippen LogP contribution in [0.3, 0.4) is 0 Å². The van der Waals surface area contributed by atoms with Crippen LogP contribution in [0, 0.1) is 0 Å². The molecule has 0 aliphatic carbocycles. The average Bonchev–Trinajstić information content (AvgIpc) is 3.16. The molecule has 19 nitrogen and oxygen atoms in total. The molecular formula is C10H15N4O15P3. The van der Waals surface area contributed by atoms with Crippen molar-refractivity contribution < 1.29 is 66.6 Å². The molecule has 0 aromatic carbocycles. The van der Waals surface area contributed by atoms with Gasteiger partial charge in [0.25, 0.3) is 0 Å². The van der Waals surface area contributed by atoms with Crippen LogP contribution >= 0.6 is 23.5 Å². The number of fused-ring (bicyclic) bond motifs is 1. The van der Waals surface area contributed by atoms with Gasteiger partial charge in [-0.05, 0) is 0 Å². The third kappa shape index (κ3) is 5.49. The van der Waals surface area contributed by atoms with Crippen molar-refractivity contribution in [3.05, 3.63) is 23.0 Å². The Balaban J connectivity index is 1.72. The van der Waals surface area contributed by atoms with Gasteiger partial charge in [-0.2, -0.15) is 8.62 Å². The molecular weight excluding hydrogens is 509 g/mol. The average molecular weight is 524 g/mol. The summed E-state index contributed by atoms with van der Waals surface area (Å²) >= 11 is 0. The Morgan fingerprint density at radius 3 is 2.28 bits per heavy atom. The number of hydrogen-bond acceptors (Lipinski definition) is 13. The zero-order valence-corrected chi connectivity index (χ0v) is 17.9. The zero-order chi connectivity index (χ0) is 24.1. The molecule has 7 N–H and O–H groups in total. The van der Waals surface area contributed by atoms with E-state index in [1.54, 1.807) is 0 Å². The molecule has 180 valence electrons. The van der Waals surface area contributed by atoms with Crippen LogP contribution in [-0.2, 0) is 31.6 Å². The highest BCUT2D eigenvalue weighted by atomic mass is 31.3. The van der Waals surface area contributed by atoms with Crippen molar-refractivity contribution in [2.75, 3.05) is 6.61 Å². The Morgan fingerprint density at radius 2 is 1.66 bits per heavy atom. The van der Waals surface area contributed by atoms with Crippen LogP contribution < -0.4 is 5.56 Å². The predicted octanol–water partition coefficient (Wildman–Crippen LogP) is -2.21. The largest absolute Gasteiger partial charge is 0.490 e. The highest BCUT2D eigenvalue weighted by Crippen LogP contribution is 2.66. The van der Waals surface area contributed by atoms with Crippen LogP contribution in [0.4, 0.5) is 0 Å². The van der Waals surface area contributed by atoms with Gasteiger partial charge in [-0.1, -0.05) is 0 Å². The minimum Gasteiger partial charge on any atom is -0.424 e. The molecule has 3 rings (SSSR count). The molecule has 1 aliphatic rings. The van der Waals surface area contributed by atoms with Crippen LogP contribution in [0.2, 0.25) is 0 Å². The number of rotatable bonds is 8. The van der Waals surface area contributed by atoms with Gasteiger partial charge in [-0.25, -0.2) is 23.7 Å². The number of nitrogens with zero attached hydrogens (tertiary/aromatic N) is 4. The predicted molar refractivity (Wildman–Crippen MR) is 94.7 cm³/mol. The lowest BCUT2D eigenvalue weighted by atomic mass is 10.1. The lowest BCUT2D eigenvalue weighted by molar-refractivity contribution is -0.0503. The van der Waals surface area contributed by atoms with Crippen molar-refractivity contribution in [1.29, 1.82) is 0 Å².